The fourth-order valence-corrected chi connectivity index (χ4v) is 1.52. The number of hydrogen-bond donors (Lipinski definition) is 2. The third kappa shape index (κ3) is 3.71. The van der Waals surface area contributed by atoms with Crippen LogP contribution in [0.1, 0.15) is 24.6 Å². The van der Waals surface area contributed by atoms with Crippen molar-refractivity contribution in [1.29, 1.82) is 0 Å². The molecule has 0 aliphatic carbocycles. The van der Waals surface area contributed by atoms with Gasteiger partial charge in [-0.05, 0) is 6.42 Å². The molecular formula is C8H15N3OS. The molecule has 0 radical (unpaired) electrons. The molecule has 1 rings (SSSR count). The van der Waals surface area contributed by atoms with Gasteiger partial charge in [0.15, 0.2) is 5.13 Å². The number of nitrogens with zero attached hydrogens (tertiary/aromatic N) is 1. The summed E-state index contributed by atoms with van der Waals surface area (Å²) >= 11 is 1.52. The molecule has 0 amide bonds. The lowest BCUT2D eigenvalue weighted by Crippen LogP contribution is -2.05. The number of aromatic nitrogens is 1. The van der Waals surface area contributed by atoms with Gasteiger partial charge in [-0.1, -0.05) is 24.7 Å². The number of anilines is 1. The van der Waals surface area contributed by atoms with Crippen LogP contribution in [-0.2, 0) is 11.3 Å². The summed E-state index contributed by atoms with van der Waals surface area (Å²) < 4.78 is 5.42. The molecule has 0 atom stereocenters. The number of nitrogens with two attached hydrogens (primary N) is 1. The van der Waals surface area contributed by atoms with Gasteiger partial charge in [0.25, 0.3) is 0 Å². The number of rotatable bonds is 6. The van der Waals surface area contributed by atoms with Crippen LogP contribution in [-0.4, -0.2) is 11.6 Å². The van der Waals surface area contributed by atoms with Crippen LogP contribution in [0.2, 0.25) is 0 Å². The number of nitrogen functional groups attached to an aromatic ring is 1. The Morgan fingerprint density at radius 1 is 1.69 bits per heavy atom. The van der Waals surface area contributed by atoms with Crippen molar-refractivity contribution in [2.75, 3.05) is 12.0 Å². The molecule has 1 aromatic heterocycles. The van der Waals surface area contributed by atoms with E-state index in [1.807, 2.05) is 0 Å². The predicted molar refractivity (Wildman–Crippen MR) is 54.5 cm³/mol. The van der Waals surface area contributed by atoms with Gasteiger partial charge in [-0.15, -0.1) is 0 Å². The smallest absolute Gasteiger partial charge is 0.197 e. The monoisotopic (exact) mass is 201 g/mol. The third-order valence-electron chi connectivity index (χ3n) is 1.56. The van der Waals surface area contributed by atoms with Crippen molar-refractivity contribution in [1.82, 2.24) is 4.98 Å². The molecule has 74 valence electrons. The average molecular weight is 201 g/mol. The molecule has 1 heterocycles. The van der Waals surface area contributed by atoms with Crippen molar-refractivity contribution in [3.05, 3.63) is 11.1 Å². The molecule has 0 spiro atoms. The van der Waals surface area contributed by atoms with Crippen LogP contribution < -0.4 is 11.3 Å². The van der Waals surface area contributed by atoms with Gasteiger partial charge in [0.2, 0.25) is 0 Å². The number of ether oxygens (including phenoxy) is 1. The topological polar surface area (TPSA) is 60.2 Å². The molecule has 1 aromatic rings. The van der Waals surface area contributed by atoms with Crippen molar-refractivity contribution < 1.29 is 4.74 Å². The lowest BCUT2D eigenvalue weighted by atomic mass is 10.4. The normalized spacial score (nSPS) is 10.3. The summed E-state index contributed by atoms with van der Waals surface area (Å²) in [6, 6.07) is 0. The number of hydrazine groups is 1. The van der Waals surface area contributed by atoms with Crippen LogP contribution >= 0.6 is 11.3 Å². The van der Waals surface area contributed by atoms with Gasteiger partial charge in [0, 0.05) is 12.8 Å². The summed E-state index contributed by atoms with van der Waals surface area (Å²) in [7, 11) is 0. The minimum atomic E-state index is 0.638. The number of hydrogen-bond acceptors (Lipinski definition) is 5. The molecule has 0 unspecified atom stereocenters. The quantitative estimate of drug-likeness (QED) is 0.418. The van der Waals surface area contributed by atoms with Crippen LogP contribution in [0.25, 0.3) is 0 Å². The predicted octanol–water partition coefficient (Wildman–Crippen LogP) is 1.75. The van der Waals surface area contributed by atoms with E-state index in [9.17, 15) is 0 Å². The maximum atomic E-state index is 5.42. The largest absolute Gasteiger partial charge is 0.376 e. The Labute approximate surface area is 82.1 Å². The lowest BCUT2D eigenvalue weighted by molar-refractivity contribution is 0.120. The van der Waals surface area contributed by atoms with Gasteiger partial charge in [-0.2, -0.15) is 0 Å². The zero-order valence-electron chi connectivity index (χ0n) is 7.75. The van der Waals surface area contributed by atoms with Crippen molar-refractivity contribution in [3.63, 3.8) is 0 Å². The summed E-state index contributed by atoms with van der Waals surface area (Å²) in [5, 5.41) is 0.731. The zero-order chi connectivity index (χ0) is 9.52. The number of nitrogens with one attached hydrogen (secondary N) is 1. The summed E-state index contributed by atoms with van der Waals surface area (Å²) in [5.74, 6) is 5.20. The van der Waals surface area contributed by atoms with Crippen LogP contribution in [0, 0.1) is 0 Å². The van der Waals surface area contributed by atoms with Gasteiger partial charge >= 0.3 is 0 Å². The molecule has 3 N–H and O–H groups in total. The molecule has 0 bridgehead atoms. The van der Waals surface area contributed by atoms with E-state index in [1.54, 1.807) is 6.20 Å². The highest BCUT2D eigenvalue weighted by Crippen LogP contribution is 2.17. The van der Waals surface area contributed by atoms with E-state index in [0.717, 1.165) is 29.5 Å². The second-order valence-electron chi connectivity index (χ2n) is 2.68. The zero-order valence-corrected chi connectivity index (χ0v) is 8.56. The van der Waals surface area contributed by atoms with E-state index in [1.165, 1.54) is 11.3 Å². The van der Waals surface area contributed by atoms with Crippen molar-refractivity contribution in [2.24, 2.45) is 5.84 Å². The Morgan fingerprint density at radius 2 is 2.54 bits per heavy atom. The second-order valence-corrected chi connectivity index (χ2v) is 3.80. The highest BCUT2D eigenvalue weighted by molar-refractivity contribution is 7.15. The van der Waals surface area contributed by atoms with Crippen LogP contribution in [0.3, 0.4) is 0 Å². The summed E-state index contributed by atoms with van der Waals surface area (Å²) in [6.45, 7) is 3.60. The summed E-state index contributed by atoms with van der Waals surface area (Å²) in [6.07, 6.45) is 4.06. The minimum Gasteiger partial charge on any atom is -0.376 e. The molecule has 0 saturated heterocycles. The van der Waals surface area contributed by atoms with Gasteiger partial charge in [-0.3, -0.25) is 5.43 Å². The molecule has 0 fully saturated rings. The first-order valence-corrected chi connectivity index (χ1v) is 5.17. The van der Waals surface area contributed by atoms with E-state index in [2.05, 4.69) is 17.3 Å². The Morgan fingerprint density at radius 3 is 3.15 bits per heavy atom. The SMILES string of the molecule is CCCCOCc1cnc(NN)s1. The van der Waals surface area contributed by atoms with Gasteiger partial charge in [-0.25, -0.2) is 10.8 Å². The van der Waals surface area contributed by atoms with Crippen LogP contribution in [0.15, 0.2) is 6.20 Å². The molecule has 0 saturated carbocycles. The first kappa shape index (κ1) is 10.4. The standard InChI is InChI=1S/C8H15N3OS/c1-2-3-4-12-6-7-5-10-8(11-9)13-7/h5H,2-4,6,9H2,1H3,(H,10,11). The summed E-state index contributed by atoms with van der Waals surface area (Å²) in [5.41, 5.74) is 2.50. The first-order valence-electron chi connectivity index (χ1n) is 4.36. The molecule has 0 aliphatic rings. The average Bonchev–Trinajstić information content (AvgIpc) is 2.60. The molecule has 4 nitrogen and oxygen atoms in total. The lowest BCUT2D eigenvalue weighted by Gasteiger charge is -1.99. The fraction of sp³-hybridized carbons (Fsp3) is 0.625. The van der Waals surface area contributed by atoms with Crippen molar-refractivity contribution in [2.45, 2.75) is 26.4 Å². The molecular weight excluding hydrogens is 186 g/mol. The fourth-order valence-electron chi connectivity index (χ4n) is 0.860. The van der Waals surface area contributed by atoms with Crippen LogP contribution in [0.5, 0.6) is 0 Å². The minimum absolute atomic E-state index is 0.638. The van der Waals surface area contributed by atoms with E-state index in [4.69, 9.17) is 10.6 Å². The summed E-state index contributed by atoms with van der Waals surface area (Å²) in [4.78, 5) is 5.14. The van der Waals surface area contributed by atoms with Gasteiger partial charge in [0.05, 0.1) is 11.5 Å². The molecule has 13 heavy (non-hydrogen) atoms. The Hall–Kier alpha value is -0.650. The van der Waals surface area contributed by atoms with Crippen LogP contribution in [0.4, 0.5) is 5.13 Å². The Kier molecular flexibility index (Phi) is 4.74. The number of thiazole rings is 1. The van der Waals surface area contributed by atoms with E-state index in [0.29, 0.717) is 6.61 Å². The second kappa shape index (κ2) is 5.90. The first-order chi connectivity index (χ1) is 6.36. The highest BCUT2D eigenvalue weighted by atomic mass is 32.1. The highest BCUT2D eigenvalue weighted by Gasteiger charge is 1.99. The van der Waals surface area contributed by atoms with Crippen molar-refractivity contribution in [3.8, 4) is 0 Å². The molecule has 0 aliphatic heterocycles. The van der Waals surface area contributed by atoms with E-state index in [-0.39, 0.29) is 0 Å². The van der Waals surface area contributed by atoms with Gasteiger partial charge in [0.1, 0.15) is 0 Å². The maximum Gasteiger partial charge on any atom is 0.197 e. The Balaban J connectivity index is 2.20. The number of unbranched alkanes of at least 4 members (excludes halogenated alkanes) is 1. The van der Waals surface area contributed by atoms with E-state index < -0.39 is 0 Å². The van der Waals surface area contributed by atoms with Gasteiger partial charge < -0.3 is 4.74 Å². The van der Waals surface area contributed by atoms with E-state index >= 15 is 0 Å². The maximum absolute atomic E-state index is 5.42. The molecule has 5 heteroatoms. The van der Waals surface area contributed by atoms with Crippen molar-refractivity contribution >= 4 is 16.5 Å². The third-order valence-corrected chi connectivity index (χ3v) is 2.47. The Bertz CT molecular complexity index is 239. The molecule has 0 aromatic carbocycles.